The van der Waals surface area contributed by atoms with Crippen molar-refractivity contribution < 1.29 is 9.53 Å². The Morgan fingerprint density at radius 2 is 1.92 bits per heavy atom. The number of hydrogen-bond acceptors (Lipinski definition) is 2. The molecule has 0 amide bonds. The second kappa shape index (κ2) is 11.1. The van der Waals surface area contributed by atoms with Gasteiger partial charge in [-0.25, -0.2) is 0 Å². The van der Waals surface area contributed by atoms with Gasteiger partial charge in [0.15, 0.2) is 5.78 Å². The molecular weight excluding hydrogens is 308 g/mol. The molecule has 1 saturated carbocycles. The Morgan fingerprint density at radius 3 is 2.56 bits per heavy atom. The molecule has 0 saturated heterocycles. The summed E-state index contributed by atoms with van der Waals surface area (Å²) in [5.74, 6) is 2.27. The third-order valence-corrected chi connectivity index (χ3v) is 5.41. The Bertz CT molecular complexity index is 524. The Labute approximate surface area is 153 Å². The number of ketones is 1. The predicted molar refractivity (Wildman–Crippen MR) is 105 cm³/mol. The van der Waals surface area contributed by atoms with E-state index in [2.05, 4.69) is 25.1 Å². The third-order valence-electron chi connectivity index (χ3n) is 5.41. The van der Waals surface area contributed by atoms with Crippen LogP contribution >= 0.6 is 0 Å². The fourth-order valence-electron chi connectivity index (χ4n) is 3.90. The van der Waals surface area contributed by atoms with Crippen LogP contribution in [0.4, 0.5) is 0 Å². The maximum absolute atomic E-state index is 12.4. The highest BCUT2D eigenvalue weighted by molar-refractivity contribution is 5.90. The van der Waals surface area contributed by atoms with Crippen LogP contribution in [-0.2, 0) is 4.79 Å². The minimum Gasteiger partial charge on any atom is -0.497 e. The van der Waals surface area contributed by atoms with Crippen LogP contribution in [0, 0.1) is 5.92 Å². The number of carbonyl (C=O) groups excluding carboxylic acids is 1. The van der Waals surface area contributed by atoms with Gasteiger partial charge in [-0.1, -0.05) is 63.7 Å². The number of allylic oxidation sites excluding steroid dienone is 2. The highest BCUT2D eigenvalue weighted by Gasteiger charge is 2.22. The van der Waals surface area contributed by atoms with Crippen LogP contribution in [0.15, 0.2) is 36.4 Å². The first-order valence-corrected chi connectivity index (χ1v) is 10.1. The van der Waals surface area contributed by atoms with Gasteiger partial charge in [0.2, 0.25) is 0 Å². The summed E-state index contributed by atoms with van der Waals surface area (Å²) in [6.45, 7) is 2.21. The Kier molecular flexibility index (Phi) is 8.79. The fourth-order valence-corrected chi connectivity index (χ4v) is 3.90. The summed E-state index contributed by atoms with van der Waals surface area (Å²) in [5.41, 5.74) is 1.28. The summed E-state index contributed by atoms with van der Waals surface area (Å²) < 4.78 is 5.27. The zero-order chi connectivity index (χ0) is 17.9. The molecule has 0 heterocycles. The average molecular weight is 343 g/mol. The summed E-state index contributed by atoms with van der Waals surface area (Å²) in [4.78, 5) is 12.4. The average Bonchev–Trinajstić information content (AvgIpc) is 3.14. The predicted octanol–water partition coefficient (Wildman–Crippen LogP) is 6.45. The van der Waals surface area contributed by atoms with Crippen molar-refractivity contribution in [3.05, 3.63) is 42.0 Å². The van der Waals surface area contributed by atoms with Crippen molar-refractivity contribution >= 4 is 5.78 Å². The van der Waals surface area contributed by atoms with Crippen LogP contribution in [0.2, 0.25) is 0 Å². The molecule has 1 aromatic rings. The van der Waals surface area contributed by atoms with Gasteiger partial charge in [0.05, 0.1) is 7.11 Å². The molecule has 2 nitrogen and oxygen atoms in total. The van der Waals surface area contributed by atoms with Gasteiger partial charge in [-0.15, -0.1) is 0 Å². The van der Waals surface area contributed by atoms with Crippen molar-refractivity contribution in [3.8, 4) is 5.75 Å². The molecule has 1 aliphatic rings. The lowest BCUT2D eigenvalue weighted by Gasteiger charge is -2.20. The molecule has 1 fully saturated rings. The van der Waals surface area contributed by atoms with Gasteiger partial charge in [-0.3, -0.25) is 4.79 Å². The van der Waals surface area contributed by atoms with Crippen molar-refractivity contribution in [1.29, 1.82) is 0 Å². The molecule has 138 valence electrons. The molecule has 1 atom stereocenters. The van der Waals surface area contributed by atoms with Gasteiger partial charge in [-0.05, 0) is 54.9 Å². The lowest BCUT2D eigenvalue weighted by Crippen LogP contribution is -2.10. The summed E-state index contributed by atoms with van der Waals surface area (Å²) in [6.07, 6.45) is 15.7. The molecule has 0 N–H and O–H groups in total. The van der Waals surface area contributed by atoms with E-state index in [1.807, 2.05) is 18.2 Å². The molecule has 0 aliphatic heterocycles. The number of benzene rings is 1. The quantitative estimate of drug-likeness (QED) is 0.341. The van der Waals surface area contributed by atoms with Crippen molar-refractivity contribution in [3.63, 3.8) is 0 Å². The SMILES string of the molecule is CCCCC/C=C/C(=O)C[C@H](CC1CCCC1)c1ccc(OC)cc1. The van der Waals surface area contributed by atoms with Crippen molar-refractivity contribution in [2.45, 2.75) is 77.0 Å². The van der Waals surface area contributed by atoms with E-state index in [1.54, 1.807) is 7.11 Å². The van der Waals surface area contributed by atoms with E-state index >= 15 is 0 Å². The van der Waals surface area contributed by atoms with Gasteiger partial charge in [-0.2, -0.15) is 0 Å². The van der Waals surface area contributed by atoms with Crippen LogP contribution in [-0.4, -0.2) is 12.9 Å². The van der Waals surface area contributed by atoms with Crippen LogP contribution < -0.4 is 4.74 Å². The molecule has 2 heteroatoms. The van der Waals surface area contributed by atoms with Gasteiger partial charge in [0.25, 0.3) is 0 Å². The molecule has 0 radical (unpaired) electrons. The monoisotopic (exact) mass is 342 g/mol. The minimum atomic E-state index is 0.273. The summed E-state index contributed by atoms with van der Waals surface area (Å²) in [5, 5.41) is 0. The molecule has 0 bridgehead atoms. The van der Waals surface area contributed by atoms with E-state index < -0.39 is 0 Å². The van der Waals surface area contributed by atoms with Crippen LogP contribution in [0.25, 0.3) is 0 Å². The van der Waals surface area contributed by atoms with E-state index in [-0.39, 0.29) is 5.78 Å². The first-order valence-electron chi connectivity index (χ1n) is 10.1. The van der Waals surface area contributed by atoms with Crippen molar-refractivity contribution in [2.24, 2.45) is 5.92 Å². The van der Waals surface area contributed by atoms with E-state index in [0.29, 0.717) is 12.3 Å². The number of rotatable bonds is 11. The smallest absolute Gasteiger partial charge is 0.155 e. The zero-order valence-electron chi connectivity index (χ0n) is 16.0. The van der Waals surface area contributed by atoms with Gasteiger partial charge < -0.3 is 4.74 Å². The molecule has 1 aliphatic carbocycles. The summed E-state index contributed by atoms with van der Waals surface area (Å²) >= 11 is 0. The number of carbonyl (C=O) groups is 1. The lowest BCUT2D eigenvalue weighted by molar-refractivity contribution is -0.115. The maximum atomic E-state index is 12.4. The minimum absolute atomic E-state index is 0.273. The van der Waals surface area contributed by atoms with E-state index in [1.165, 1.54) is 50.5 Å². The topological polar surface area (TPSA) is 26.3 Å². The maximum Gasteiger partial charge on any atom is 0.155 e. The first kappa shape index (κ1) is 19.8. The standard InChI is InChI=1S/C23H34O2/c1-3-4-5-6-7-12-22(24)18-21(17-19-10-8-9-11-19)20-13-15-23(25-2)16-14-20/h7,12-16,19,21H,3-6,8-11,17-18H2,1-2H3/b12-7+/t21-/m0/s1. The number of methoxy groups -OCH3 is 1. The molecule has 0 unspecified atom stereocenters. The largest absolute Gasteiger partial charge is 0.497 e. The van der Waals surface area contributed by atoms with Crippen molar-refractivity contribution in [2.75, 3.05) is 7.11 Å². The Hall–Kier alpha value is -1.57. The highest BCUT2D eigenvalue weighted by Crippen LogP contribution is 2.36. The van der Waals surface area contributed by atoms with Crippen LogP contribution in [0.1, 0.15) is 82.6 Å². The summed E-state index contributed by atoms with van der Waals surface area (Å²) in [7, 11) is 1.69. The molecule has 2 rings (SSSR count). The van der Waals surface area contributed by atoms with Crippen molar-refractivity contribution in [1.82, 2.24) is 0 Å². The number of hydrogen-bond donors (Lipinski definition) is 0. The third kappa shape index (κ3) is 7.05. The van der Waals surface area contributed by atoms with E-state index in [9.17, 15) is 4.79 Å². The zero-order valence-corrected chi connectivity index (χ0v) is 16.0. The summed E-state index contributed by atoms with van der Waals surface area (Å²) in [6, 6.07) is 8.30. The molecular formula is C23H34O2. The van der Waals surface area contributed by atoms with Crippen LogP contribution in [0.3, 0.4) is 0 Å². The molecule has 0 aromatic heterocycles. The number of ether oxygens (including phenoxy) is 1. The molecule has 25 heavy (non-hydrogen) atoms. The molecule has 0 spiro atoms. The first-order chi connectivity index (χ1) is 12.2. The van der Waals surface area contributed by atoms with E-state index in [0.717, 1.165) is 24.5 Å². The van der Waals surface area contributed by atoms with Gasteiger partial charge >= 0.3 is 0 Å². The van der Waals surface area contributed by atoms with Gasteiger partial charge in [0, 0.05) is 6.42 Å². The van der Waals surface area contributed by atoms with Gasteiger partial charge in [0.1, 0.15) is 5.75 Å². The van der Waals surface area contributed by atoms with E-state index in [4.69, 9.17) is 4.74 Å². The lowest BCUT2D eigenvalue weighted by atomic mass is 9.84. The fraction of sp³-hybridized carbons (Fsp3) is 0.609. The highest BCUT2D eigenvalue weighted by atomic mass is 16.5. The Morgan fingerprint density at radius 1 is 1.20 bits per heavy atom. The number of unbranched alkanes of at least 4 members (excludes halogenated alkanes) is 3. The second-order valence-electron chi connectivity index (χ2n) is 7.42. The normalized spacial score (nSPS) is 16.4. The van der Waals surface area contributed by atoms with Crippen LogP contribution in [0.5, 0.6) is 5.75 Å². The Balaban J connectivity index is 1.96. The second-order valence-corrected chi connectivity index (χ2v) is 7.42. The molecule has 1 aromatic carbocycles.